The van der Waals surface area contributed by atoms with Gasteiger partial charge in [-0.2, -0.15) is 0 Å². The van der Waals surface area contributed by atoms with E-state index in [9.17, 15) is 14.4 Å². The van der Waals surface area contributed by atoms with Crippen molar-refractivity contribution in [3.63, 3.8) is 0 Å². The fourth-order valence-corrected chi connectivity index (χ4v) is 7.74. The molecule has 0 fully saturated rings. The molecule has 0 spiro atoms. The van der Waals surface area contributed by atoms with Gasteiger partial charge in [0.15, 0.2) is 16.6 Å². The molecule has 1 atom stereocenters. The summed E-state index contributed by atoms with van der Waals surface area (Å²) in [6, 6.07) is 32.4. The molecule has 0 saturated heterocycles. The molecule has 2 aromatic heterocycles. The number of anilines is 2. The standard InChI is InChI=1S/C40H34N4O6S3/c1-48-32-23-34(50-3)33(49-2)21-27(32)20-30(42-37(45)26-14-8-5-9-15-26)38(46)41-28-16-10-17-29(22-28)53-36(25-12-6-4-7-13-25)39(47)44-40-43-31(24-52-40)35-18-11-19-51-35/h4-24,36H,1-3H3,(H,41,46)(H,42,45)(H,43,44,47)/b30-20+. The molecule has 0 bridgehead atoms. The number of hydrogen-bond acceptors (Lipinski definition) is 10. The van der Waals surface area contributed by atoms with Gasteiger partial charge in [-0.05, 0) is 59.5 Å². The molecule has 4 aromatic carbocycles. The molecule has 3 amide bonds. The van der Waals surface area contributed by atoms with E-state index < -0.39 is 17.1 Å². The monoisotopic (exact) mass is 762 g/mol. The van der Waals surface area contributed by atoms with Crippen molar-refractivity contribution in [1.29, 1.82) is 0 Å². The van der Waals surface area contributed by atoms with Crippen LogP contribution in [0.2, 0.25) is 0 Å². The maximum Gasteiger partial charge on any atom is 0.272 e. The molecule has 0 aliphatic rings. The first-order chi connectivity index (χ1) is 25.8. The number of benzene rings is 4. The number of thiophene rings is 1. The summed E-state index contributed by atoms with van der Waals surface area (Å²) in [5.41, 5.74) is 2.85. The summed E-state index contributed by atoms with van der Waals surface area (Å²) in [7, 11) is 4.50. The highest BCUT2D eigenvalue weighted by Gasteiger charge is 2.24. The van der Waals surface area contributed by atoms with Crippen LogP contribution in [0.3, 0.4) is 0 Å². The second kappa shape index (κ2) is 17.6. The number of methoxy groups -OCH3 is 3. The van der Waals surface area contributed by atoms with Crippen LogP contribution in [0.25, 0.3) is 16.6 Å². The van der Waals surface area contributed by atoms with Crippen LogP contribution in [-0.2, 0) is 9.59 Å². The summed E-state index contributed by atoms with van der Waals surface area (Å²) >= 11 is 4.29. The van der Waals surface area contributed by atoms with Crippen molar-refractivity contribution in [2.24, 2.45) is 0 Å². The smallest absolute Gasteiger partial charge is 0.272 e. The molecular formula is C40H34N4O6S3. The maximum absolute atomic E-state index is 13.9. The predicted molar refractivity (Wildman–Crippen MR) is 212 cm³/mol. The summed E-state index contributed by atoms with van der Waals surface area (Å²) in [5, 5.41) is 12.4. The topological polar surface area (TPSA) is 128 Å². The summed E-state index contributed by atoms with van der Waals surface area (Å²) in [6.07, 6.45) is 1.51. The van der Waals surface area contributed by atoms with Crippen molar-refractivity contribution in [3.05, 3.63) is 142 Å². The van der Waals surface area contributed by atoms with E-state index in [1.165, 1.54) is 50.5 Å². The Morgan fingerprint density at radius 3 is 2.17 bits per heavy atom. The van der Waals surface area contributed by atoms with E-state index in [1.807, 2.05) is 59.3 Å². The molecule has 6 aromatic rings. The van der Waals surface area contributed by atoms with Crippen molar-refractivity contribution >= 4 is 69.1 Å². The molecule has 0 aliphatic heterocycles. The lowest BCUT2D eigenvalue weighted by atomic mass is 10.1. The van der Waals surface area contributed by atoms with Crippen molar-refractivity contribution in [2.75, 3.05) is 32.0 Å². The predicted octanol–water partition coefficient (Wildman–Crippen LogP) is 8.78. The van der Waals surface area contributed by atoms with E-state index in [0.717, 1.165) is 21.0 Å². The van der Waals surface area contributed by atoms with Crippen LogP contribution in [0.15, 0.2) is 131 Å². The lowest BCUT2D eigenvalue weighted by Gasteiger charge is -2.17. The van der Waals surface area contributed by atoms with Crippen LogP contribution in [-0.4, -0.2) is 44.0 Å². The van der Waals surface area contributed by atoms with Gasteiger partial charge in [-0.1, -0.05) is 60.7 Å². The van der Waals surface area contributed by atoms with Gasteiger partial charge in [0.25, 0.3) is 11.8 Å². The number of nitrogens with one attached hydrogen (secondary N) is 3. The zero-order chi connectivity index (χ0) is 37.2. The molecule has 0 saturated carbocycles. The van der Waals surface area contributed by atoms with E-state index in [1.54, 1.807) is 72.0 Å². The van der Waals surface area contributed by atoms with Crippen LogP contribution in [0.4, 0.5) is 10.8 Å². The quantitative estimate of drug-likeness (QED) is 0.0743. The SMILES string of the molecule is COc1cc(OC)c(OC)cc1/C=C(/NC(=O)c1ccccc1)C(=O)Nc1cccc(SC(C(=O)Nc2nc(-c3cccs3)cs2)c2ccccc2)c1. The van der Waals surface area contributed by atoms with Crippen molar-refractivity contribution in [2.45, 2.75) is 10.1 Å². The van der Waals surface area contributed by atoms with E-state index in [4.69, 9.17) is 14.2 Å². The molecule has 2 heterocycles. The Bertz CT molecular complexity index is 2220. The van der Waals surface area contributed by atoms with Gasteiger partial charge in [0.2, 0.25) is 5.91 Å². The van der Waals surface area contributed by atoms with Gasteiger partial charge >= 0.3 is 0 Å². The Kier molecular flexibility index (Phi) is 12.2. The molecule has 0 radical (unpaired) electrons. The number of carbonyl (C=O) groups is 3. The van der Waals surface area contributed by atoms with Crippen LogP contribution in [0.1, 0.15) is 26.7 Å². The first kappa shape index (κ1) is 36.9. The third-order valence-corrected chi connectivity index (χ3v) is 10.7. The molecule has 1 unspecified atom stereocenters. The van der Waals surface area contributed by atoms with Crippen LogP contribution in [0, 0.1) is 0 Å². The highest BCUT2D eigenvalue weighted by Crippen LogP contribution is 2.39. The third kappa shape index (κ3) is 9.32. The lowest BCUT2D eigenvalue weighted by Crippen LogP contribution is -2.30. The minimum atomic E-state index is -0.630. The number of amides is 3. The number of rotatable bonds is 14. The highest BCUT2D eigenvalue weighted by atomic mass is 32.2. The number of aromatic nitrogens is 1. The summed E-state index contributed by atoms with van der Waals surface area (Å²) in [4.78, 5) is 47.4. The Morgan fingerprint density at radius 1 is 0.755 bits per heavy atom. The van der Waals surface area contributed by atoms with Crippen LogP contribution >= 0.6 is 34.4 Å². The van der Waals surface area contributed by atoms with E-state index in [-0.39, 0.29) is 11.6 Å². The minimum absolute atomic E-state index is 0.0469. The zero-order valence-corrected chi connectivity index (χ0v) is 31.3. The fourth-order valence-electron chi connectivity index (χ4n) is 5.19. The molecule has 6 rings (SSSR count). The summed E-state index contributed by atoms with van der Waals surface area (Å²) in [6.45, 7) is 0. The largest absolute Gasteiger partial charge is 0.496 e. The molecule has 268 valence electrons. The van der Waals surface area contributed by atoms with Gasteiger partial charge in [-0.3, -0.25) is 14.4 Å². The zero-order valence-electron chi connectivity index (χ0n) is 28.8. The van der Waals surface area contributed by atoms with Crippen molar-refractivity contribution in [1.82, 2.24) is 10.3 Å². The van der Waals surface area contributed by atoms with E-state index in [0.29, 0.717) is 39.2 Å². The van der Waals surface area contributed by atoms with Crippen molar-refractivity contribution < 1.29 is 28.6 Å². The number of carbonyl (C=O) groups excluding carboxylic acids is 3. The third-order valence-electron chi connectivity index (χ3n) is 7.76. The number of thiazole rings is 1. The number of thioether (sulfide) groups is 1. The van der Waals surface area contributed by atoms with Gasteiger partial charge in [0, 0.05) is 33.2 Å². The molecule has 13 heteroatoms. The Hall–Kier alpha value is -5.89. The number of hydrogen-bond donors (Lipinski definition) is 3. The van der Waals surface area contributed by atoms with Crippen LogP contribution < -0.4 is 30.2 Å². The van der Waals surface area contributed by atoms with Crippen molar-refractivity contribution in [3.8, 4) is 27.8 Å². The first-order valence-corrected chi connectivity index (χ1v) is 18.8. The van der Waals surface area contributed by atoms with Gasteiger partial charge in [0.1, 0.15) is 16.7 Å². The second-order valence-electron chi connectivity index (χ2n) is 11.2. The Labute approximate surface area is 318 Å². The van der Waals surface area contributed by atoms with Gasteiger partial charge in [-0.25, -0.2) is 4.98 Å². The summed E-state index contributed by atoms with van der Waals surface area (Å²) in [5.74, 6) is -0.0572. The molecule has 10 nitrogen and oxygen atoms in total. The maximum atomic E-state index is 13.9. The fraction of sp³-hybridized carbons (Fsp3) is 0.100. The average Bonchev–Trinajstić information content (AvgIpc) is 3.90. The Balaban J connectivity index is 1.26. The number of nitrogens with zero attached hydrogens (tertiary/aromatic N) is 1. The minimum Gasteiger partial charge on any atom is -0.496 e. The average molecular weight is 763 g/mol. The van der Waals surface area contributed by atoms with Gasteiger partial charge in [0.05, 0.1) is 31.9 Å². The van der Waals surface area contributed by atoms with Gasteiger partial charge < -0.3 is 30.2 Å². The van der Waals surface area contributed by atoms with Crippen LogP contribution in [0.5, 0.6) is 17.2 Å². The van der Waals surface area contributed by atoms with E-state index in [2.05, 4.69) is 20.9 Å². The molecule has 53 heavy (non-hydrogen) atoms. The Morgan fingerprint density at radius 2 is 1.47 bits per heavy atom. The first-order valence-electron chi connectivity index (χ1n) is 16.2. The normalized spacial score (nSPS) is 11.6. The molecular weight excluding hydrogens is 729 g/mol. The highest BCUT2D eigenvalue weighted by molar-refractivity contribution is 8.00. The summed E-state index contributed by atoms with van der Waals surface area (Å²) < 4.78 is 16.5. The second-order valence-corrected chi connectivity index (χ2v) is 14.2. The van der Waals surface area contributed by atoms with Gasteiger partial charge in [-0.15, -0.1) is 34.4 Å². The lowest BCUT2D eigenvalue weighted by molar-refractivity contribution is -0.116. The molecule has 0 aliphatic carbocycles. The number of ether oxygens (including phenoxy) is 3. The van der Waals surface area contributed by atoms with E-state index >= 15 is 0 Å². The molecule has 3 N–H and O–H groups in total.